The summed E-state index contributed by atoms with van der Waals surface area (Å²) in [6, 6.07) is 3.16. The molecule has 0 spiro atoms. The second kappa shape index (κ2) is 6.72. The van der Waals surface area contributed by atoms with Crippen molar-refractivity contribution in [2.45, 2.75) is 6.92 Å². The minimum Gasteiger partial charge on any atom is -0.465 e. The highest BCUT2D eigenvalue weighted by molar-refractivity contribution is 7.20. The minimum atomic E-state index is -0.413. The van der Waals surface area contributed by atoms with E-state index in [-0.39, 0.29) is 0 Å². The van der Waals surface area contributed by atoms with Crippen LogP contribution < -0.4 is 5.32 Å². The van der Waals surface area contributed by atoms with Crippen LogP contribution in [-0.4, -0.2) is 23.0 Å². The van der Waals surface area contributed by atoms with E-state index in [1.807, 2.05) is 6.92 Å². The van der Waals surface area contributed by atoms with Crippen molar-refractivity contribution in [3.8, 4) is 0 Å². The average Bonchev–Trinajstić information content (AvgIpc) is 2.88. The molecule has 0 aliphatic heterocycles. The predicted octanol–water partition coefficient (Wildman–Crippen LogP) is 5.49. The van der Waals surface area contributed by atoms with Gasteiger partial charge in [0.25, 0.3) is 0 Å². The number of esters is 1. The number of carbonyl (C=O) groups excluding carboxylic acids is 1. The molecule has 0 fully saturated rings. The van der Waals surface area contributed by atoms with Crippen LogP contribution in [0.4, 0.5) is 11.5 Å². The van der Waals surface area contributed by atoms with Crippen LogP contribution in [0.2, 0.25) is 15.1 Å². The number of thiophene rings is 1. The fourth-order valence-corrected chi connectivity index (χ4v) is 4.21. The maximum Gasteiger partial charge on any atom is 0.348 e. The predicted molar refractivity (Wildman–Crippen MR) is 98.2 cm³/mol. The Kier molecular flexibility index (Phi) is 4.83. The molecule has 9 heteroatoms. The zero-order valence-corrected chi connectivity index (χ0v) is 15.6. The van der Waals surface area contributed by atoms with Gasteiger partial charge in [-0.2, -0.15) is 0 Å². The number of hydrogen-bond donors (Lipinski definition) is 1. The van der Waals surface area contributed by atoms with Crippen molar-refractivity contribution < 1.29 is 9.53 Å². The van der Waals surface area contributed by atoms with Crippen molar-refractivity contribution in [2.75, 3.05) is 12.4 Å². The van der Waals surface area contributed by atoms with E-state index in [9.17, 15) is 4.79 Å². The van der Waals surface area contributed by atoms with Crippen LogP contribution in [0.5, 0.6) is 0 Å². The second-order valence-corrected chi connectivity index (χ2v) is 7.07. The lowest BCUT2D eigenvalue weighted by Gasteiger charge is -2.11. The number of aryl methyl sites for hydroxylation is 1. The molecule has 0 amide bonds. The molecule has 0 atom stereocenters. The Labute approximate surface area is 156 Å². The average molecular weight is 403 g/mol. The van der Waals surface area contributed by atoms with Crippen molar-refractivity contribution in [3.05, 3.63) is 44.0 Å². The van der Waals surface area contributed by atoms with Crippen LogP contribution in [0.25, 0.3) is 10.2 Å². The molecule has 3 rings (SSSR count). The van der Waals surface area contributed by atoms with E-state index >= 15 is 0 Å². The lowest BCUT2D eigenvalue weighted by Crippen LogP contribution is -2.00. The minimum absolute atomic E-state index is 0.361. The molecule has 0 saturated heterocycles. The van der Waals surface area contributed by atoms with E-state index in [0.717, 1.165) is 5.56 Å². The Morgan fingerprint density at radius 2 is 1.88 bits per heavy atom. The largest absolute Gasteiger partial charge is 0.465 e. The van der Waals surface area contributed by atoms with Crippen molar-refractivity contribution in [1.29, 1.82) is 0 Å². The highest BCUT2D eigenvalue weighted by atomic mass is 35.5. The van der Waals surface area contributed by atoms with Gasteiger partial charge in [-0.15, -0.1) is 11.3 Å². The zero-order chi connectivity index (χ0) is 17.4. The second-order valence-electron chi connectivity index (χ2n) is 4.82. The van der Waals surface area contributed by atoms with Gasteiger partial charge >= 0.3 is 5.97 Å². The molecule has 0 radical (unpaired) electrons. The number of rotatable bonds is 3. The Morgan fingerprint density at radius 1 is 1.21 bits per heavy atom. The number of anilines is 2. The molecule has 24 heavy (non-hydrogen) atoms. The van der Waals surface area contributed by atoms with Gasteiger partial charge in [0, 0.05) is 5.02 Å². The number of carbonyl (C=O) groups is 1. The number of hydrogen-bond acceptors (Lipinski definition) is 6. The van der Waals surface area contributed by atoms with Crippen LogP contribution in [0.15, 0.2) is 18.5 Å². The number of nitrogens with zero attached hydrogens (tertiary/aromatic N) is 2. The number of ether oxygens (including phenoxy) is 1. The summed E-state index contributed by atoms with van der Waals surface area (Å²) in [6.07, 6.45) is 1.40. The normalized spacial score (nSPS) is 10.9. The Hall–Kier alpha value is -1.60. The van der Waals surface area contributed by atoms with Crippen LogP contribution >= 0.6 is 46.1 Å². The number of fused-ring (bicyclic) bond motifs is 1. The first kappa shape index (κ1) is 17.2. The molecule has 0 aliphatic rings. The van der Waals surface area contributed by atoms with Gasteiger partial charge < -0.3 is 10.1 Å². The van der Waals surface area contributed by atoms with Gasteiger partial charge in [0.05, 0.1) is 28.2 Å². The van der Waals surface area contributed by atoms with E-state index in [1.54, 1.807) is 12.1 Å². The smallest absolute Gasteiger partial charge is 0.348 e. The van der Waals surface area contributed by atoms with Gasteiger partial charge in [0.2, 0.25) is 0 Å². The van der Waals surface area contributed by atoms with Crippen LogP contribution in [0, 0.1) is 6.92 Å². The topological polar surface area (TPSA) is 64.1 Å². The van der Waals surface area contributed by atoms with Crippen molar-refractivity contribution in [3.63, 3.8) is 0 Å². The van der Waals surface area contributed by atoms with Crippen LogP contribution in [-0.2, 0) is 4.74 Å². The van der Waals surface area contributed by atoms with E-state index in [0.29, 0.717) is 41.7 Å². The highest BCUT2D eigenvalue weighted by Gasteiger charge is 2.20. The molecule has 1 N–H and O–H groups in total. The molecule has 124 valence electrons. The standard InChI is InChI=1S/C15H10Cl3N3O2S/c1-6-10-13(21-11-8(17)3-7(16)4-9(11)18)19-5-20-14(10)24-12(6)15(22)23-2/h3-5H,1-2H3,(H,19,20,21). The Morgan fingerprint density at radius 3 is 2.50 bits per heavy atom. The zero-order valence-electron chi connectivity index (χ0n) is 12.5. The molecule has 5 nitrogen and oxygen atoms in total. The van der Waals surface area contributed by atoms with Crippen LogP contribution in [0.3, 0.4) is 0 Å². The van der Waals surface area contributed by atoms with E-state index < -0.39 is 5.97 Å². The third-order valence-corrected chi connectivity index (χ3v) is 5.34. The van der Waals surface area contributed by atoms with Crippen molar-refractivity contribution >= 4 is 73.8 Å². The first-order valence-corrected chi connectivity index (χ1v) is 8.61. The monoisotopic (exact) mass is 401 g/mol. The summed E-state index contributed by atoms with van der Waals surface area (Å²) < 4.78 is 4.80. The van der Waals surface area contributed by atoms with E-state index in [1.165, 1.54) is 24.8 Å². The highest BCUT2D eigenvalue weighted by Crippen LogP contribution is 2.39. The van der Waals surface area contributed by atoms with Gasteiger partial charge in [-0.1, -0.05) is 34.8 Å². The van der Waals surface area contributed by atoms with Gasteiger partial charge in [-0.3, -0.25) is 0 Å². The number of nitrogens with one attached hydrogen (secondary N) is 1. The van der Waals surface area contributed by atoms with Gasteiger partial charge in [0.15, 0.2) is 0 Å². The molecule has 0 aliphatic carbocycles. The summed E-state index contributed by atoms with van der Waals surface area (Å²) in [5, 5.41) is 4.97. The fourth-order valence-electron chi connectivity index (χ4n) is 2.23. The maximum absolute atomic E-state index is 11.9. The molecule has 0 saturated carbocycles. The molecule has 1 aromatic carbocycles. The van der Waals surface area contributed by atoms with Gasteiger partial charge in [-0.05, 0) is 24.6 Å². The van der Waals surface area contributed by atoms with Crippen LogP contribution in [0.1, 0.15) is 15.2 Å². The SMILES string of the molecule is COC(=O)c1sc2ncnc(Nc3c(Cl)cc(Cl)cc3Cl)c2c1C. The molecule has 0 bridgehead atoms. The Bertz CT molecular complexity index is 936. The number of halogens is 3. The number of benzene rings is 1. The summed E-state index contributed by atoms with van der Waals surface area (Å²) in [6.45, 7) is 1.81. The first-order valence-electron chi connectivity index (χ1n) is 6.66. The third kappa shape index (κ3) is 3.02. The molecular weight excluding hydrogens is 393 g/mol. The quantitative estimate of drug-likeness (QED) is 0.587. The molecule has 2 aromatic heterocycles. The molecule has 0 unspecified atom stereocenters. The van der Waals surface area contributed by atoms with E-state index in [2.05, 4.69) is 15.3 Å². The number of methoxy groups -OCH3 is 1. The summed E-state index contributed by atoms with van der Waals surface area (Å²) in [7, 11) is 1.34. The Balaban J connectivity index is 2.14. The first-order chi connectivity index (χ1) is 11.4. The lowest BCUT2D eigenvalue weighted by atomic mass is 10.2. The fraction of sp³-hybridized carbons (Fsp3) is 0.133. The van der Waals surface area contributed by atoms with Crippen molar-refractivity contribution in [2.24, 2.45) is 0 Å². The molecular formula is C15H10Cl3N3O2S. The van der Waals surface area contributed by atoms with E-state index in [4.69, 9.17) is 39.5 Å². The third-order valence-electron chi connectivity index (χ3n) is 3.35. The summed E-state index contributed by atoms with van der Waals surface area (Å²) in [5.41, 5.74) is 1.21. The summed E-state index contributed by atoms with van der Waals surface area (Å²) in [5.74, 6) is 0.0824. The number of aromatic nitrogens is 2. The van der Waals surface area contributed by atoms with Crippen molar-refractivity contribution in [1.82, 2.24) is 9.97 Å². The summed E-state index contributed by atoms with van der Waals surface area (Å²) >= 11 is 19.6. The summed E-state index contributed by atoms with van der Waals surface area (Å²) in [4.78, 5) is 21.5. The maximum atomic E-state index is 11.9. The lowest BCUT2D eigenvalue weighted by molar-refractivity contribution is 0.0605. The van der Waals surface area contributed by atoms with Gasteiger partial charge in [0.1, 0.15) is 21.9 Å². The molecule has 3 aromatic rings. The van der Waals surface area contributed by atoms with Gasteiger partial charge in [-0.25, -0.2) is 14.8 Å². The molecule has 2 heterocycles.